The van der Waals surface area contributed by atoms with Crippen molar-refractivity contribution >= 4 is 19.8 Å². The molecule has 3 N–H and O–H groups in total. The summed E-state index contributed by atoms with van der Waals surface area (Å²) in [7, 11) is -4.38. The fourth-order valence-corrected chi connectivity index (χ4v) is 10.5. The van der Waals surface area contributed by atoms with Crippen molar-refractivity contribution in [1.29, 1.82) is 0 Å². The predicted molar refractivity (Wildman–Crippen MR) is 308 cm³/mol. The van der Waals surface area contributed by atoms with Crippen LogP contribution in [-0.2, 0) is 32.7 Å². The van der Waals surface area contributed by atoms with Crippen molar-refractivity contribution in [2.75, 3.05) is 26.4 Å². The molecule has 428 valence electrons. The third-order valence-electron chi connectivity index (χ3n) is 14.4. The highest BCUT2D eigenvalue weighted by atomic mass is 31.2. The van der Waals surface area contributed by atoms with E-state index in [1.165, 1.54) is 263 Å². The first-order chi connectivity index (χ1) is 35.3. The van der Waals surface area contributed by atoms with E-state index in [1.54, 1.807) is 0 Å². The second kappa shape index (κ2) is 59.0. The van der Waals surface area contributed by atoms with E-state index >= 15 is 0 Å². The third-order valence-corrected chi connectivity index (χ3v) is 15.4. The summed E-state index contributed by atoms with van der Waals surface area (Å²) in [6.07, 6.45) is 68.7. The van der Waals surface area contributed by atoms with Gasteiger partial charge in [0.2, 0.25) is 0 Å². The van der Waals surface area contributed by atoms with Crippen LogP contribution in [0.2, 0.25) is 0 Å². The molecule has 0 heterocycles. The summed E-state index contributed by atoms with van der Waals surface area (Å²) in [6, 6.07) is 0. The van der Waals surface area contributed by atoms with Crippen LogP contribution < -0.4 is 5.73 Å². The molecule has 0 aliphatic rings. The average molecular weight is 1040 g/mol. The van der Waals surface area contributed by atoms with E-state index in [4.69, 9.17) is 24.3 Å². The maximum absolute atomic E-state index is 12.7. The molecule has 0 saturated heterocycles. The Morgan fingerprint density at radius 3 is 0.986 bits per heavy atom. The largest absolute Gasteiger partial charge is 0.472 e. The monoisotopic (exact) mass is 1040 g/mol. The Bertz CT molecular complexity index is 1190. The quantitative estimate of drug-likeness (QED) is 0.0264. The Balaban J connectivity index is 3.80. The van der Waals surface area contributed by atoms with Crippen LogP contribution in [0, 0.1) is 0 Å². The molecule has 0 aliphatic carbocycles. The summed E-state index contributed by atoms with van der Waals surface area (Å²) in [6.45, 7) is 3.80. The summed E-state index contributed by atoms with van der Waals surface area (Å²) in [4.78, 5) is 35.2. The van der Waals surface area contributed by atoms with Crippen molar-refractivity contribution in [3.05, 3.63) is 12.2 Å². The number of phosphoric ester groups is 1. The topological polar surface area (TPSA) is 134 Å². The van der Waals surface area contributed by atoms with Crippen molar-refractivity contribution in [3.8, 4) is 0 Å². The van der Waals surface area contributed by atoms with Gasteiger partial charge in [-0.05, 0) is 38.5 Å². The molecule has 0 rings (SSSR count). The maximum Gasteiger partial charge on any atom is 0.472 e. The molecular weight excluding hydrogens is 918 g/mol. The Hall–Kier alpha value is -1.25. The van der Waals surface area contributed by atoms with Crippen molar-refractivity contribution in [2.45, 2.75) is 347 Å². The molecule has 0 radical (unpaired) electrons. The van der Waals surface area contributed by atoms with Gasteiger partial charge in [-0.25, -0.2) is 4.57 Å². The highest BCUT2D eigenvalue weighted by Gasteiger charge is 2.26. The number of unbranched alkanes of at least 4 members (excludes halogenated alkanes) is 46. The van der Waals surface area contributed by atoms with E-state index in [0.717, 1.165) is 44.9 Å². The Morgan fingerprint density at radius 1 is 0.403 bits per heavy atom. The standard InChI is InChI=1S/C62H122NO8P/c1-3-5-7-9-11-13-15-17-19-21-23-24-25-26-27-28-29-30-31-32-33-34-35-36-37-39-40-42-44-46-48-50-52-54-61(64)68-58-60(59-70-72(66,67)69-57-56-63)71-62(65)55-53-51-49-47-45-43-41-38-22-20-18-16-14-12-10-8-6-4-2/h20,22,60H,3-19,21,23-59,63H2,1-2H3,(H,66,67)/b22-20-. The van der Waals surface area contributed by atoms with Gasteiger partial charge in [0, 0.05) is 19.4 Å². The van der Waals surface area contributed by atoms with Crippen LogP contribution in [0.5, 0.6) is 0 Å². The van der Waals surface area contributed by atoms with E-state index in [9.17, 15) is 19.0 Å². The number of allylic oxidation sites excluding steroid dienone is 2. The summed E-state index contributed by atoms with van der Waals surface area (Å²) < 4.78 is 33.1. The zero-order valence-electron chi connectivity index (χ0n) is 48.0. The molecule has 9 nitrogen and oxygen atoms in total. The molecule has 0 bridgehead atoms. The van der Waals surface area contributed by atoms with Crippen molar-refractivity contribution < 1.29 is 37.6 Å². The van der Waals surface area contributed by atoms with Crippen LogP contribution in [0.1, 0.15) is 341 Å². The molecule has 0 aromatic heterocycles. The van der Waals surface area contributed by atoms with Gasteiger partial charge in [-0.2, -0.15) is 0 Å². The molecule has 72 heavy (non-hydrogen) atoms. The van der Waals surface area contributed by atoms with E-state index in [2.05, 4.69) is 26.0 Å². The summed E-state index contributed by atoms with van der Waals surface area (Å²) in [5.74, 6) is -0.812. The van der Waals surface area contributed by atoms with Crippen molar-refractivity contribution in [3.63, 3.8) is 0 Å². The SMILES string of the molecule is CCCCCCCCC/C=C\CCCCCCCCCC(=O)OC(COC(=O)CCCCCCCCCCCCCCCCCCCCCCCCCCCCCCCCCCC)COP(=O)(O)OCCN. The minimum absolute atomic E-state index is 0.0560. The van der Waals surface area contributed by atoms with Gasteiger partial charge in [-0.3, -0.25) is 18.6 Å². The Kier molecular flexibility index (Phi) is 58.0. The number of carbonyl (C=O) groups is 2. The lowest BCUT2D eigenvalue weighted by Gasteiger charge is -2.19. The van der Waals surface area contributed by atoms with Crippen LogP contribution in [0.25, 0.3) is 0 Å². The molecule has 0 spiro atoms. The first kappa shape index (κ1) is 70.8. The number of ether oxygens (including phenoxy) is 2. The second-order valence-corrected chi connectivity index (χ2v) is 23.1. The molecule has 2 unspecified atom stereocenters. The van der Waals surface area contributed by atoms with Gasteiger partial charge in [0.25, 0.3) is 0 Å². The van der Waals surface area contributed by atoms with Crippen molar-refractivity contribution in [1.82, 2.24) is 0 Å². The fourth-order valence-electron chi connectivity index (χ4n) is 9.69. The van der Waals surface area contributed by atoms with Crippen LogP contribution in [0.4, 0.5) is 0 Å². The molecule has 0 fully saturated rings. The highest BCUT2D eigenvalue weighted by Crippen LogP contribution is 2.43. The summed E-state index contributed by atoms with van der Waals surface area (Å²) in [5, 5.41) is 0. The molecule has 2 atom stereocenters. The fraction of sp³-hybridized carbons (Fsp3) is 0.935. The lowest BCUT2D eigenvalue weighted by atomic mass is 10.0. The second-order valence-electron chi connectivity index (χ2n) is 21.6. The lowest BCUT2D eigenvalue weighted by Crippen LogP contribution is -2.29. The van der Waals surface area contributed by atoms with Gasteiger partial charge < -0.3 is 20.1 Å². The summed E-state index contributed by atoms with van der Waals surface area (Å²) in [5.41, 5.74) is 5.38. The maximum atomic E-state index is 12.7. The van der Waals surface area contributed by atoms with E-state index in [1.807, 2.05) is 0 Å². The number of hydrogen-bond donors (Lipinski definition) is 2. The number of nitrogens with two attached hydrogens (primary N) is 1. The van der Waals surface area contributed by atoms with Gasteiger partial charge in [-0.15, -0.1) is 0 Å². The lowest BCUT2D eigenvalue weighted by molar-refractivity contribution is -0.161. The number of hydrogen-bond acceptors (Lipinski definition) is 8. The van der Waals surface area contributed by atoms with Gasteiger partial charge in [0.1, 0.15) is 6.61 Å². The molecule has 10 heteroatoms. The van der Waals surface area contributed by atoms with E-state index < -0.39 is 26.5 Å². The van der Waals surface area contributed by atoms with Crippen molar-refractivity contribution in [2.24, 2.45) is 5.73 Å². The third kappa shape index (κ3) is 58.0. The zero-order chi connectivity index (χ0) is 52.4. The van der Waals surface area contributed by atoms with Crippen LogP contribution in [0.3, 0.4) is 0 Å². The number of rotatable bonds is 61. The van der Waals surface area contributed by atoms with E-state index in [-0.39, 0.29) is 38.6 Å². The molecule has 0 saturated carbocycles. The average Bonchev–Trinajstić information content (AvgIpc) is 3.37. The van der Waals surface area contributed by atoms with Gasteiger partial charge >= 0.3 is 19.8 Å². The summed E-state index contributed by atoms with van der Waals surface area (Å²) >= 11 is 0. The van der Waals surface area contributed by atoms with Gasteiger partial charge in [-0.1, -0.05) is 302 Å². The molecule has 0 aromatic carbocycles. The molecular formula is C62H122NO8P. The number of phosphoric acid groups is 1. The Morgan fingerprint density at radius 2 is 0.681 bits per heavy atom. The van der Waals surface area contributed by atoms with Crippen LogP contribution in [-0.4, -0.2) is 49.3 Å². The molecule has 0 aliphatic heterocycles. The smallest absolute Gasteiger partial charge is 0.462 e. The normalized spacial score (nSPS) is 13.0. The first-order valence-corrected chi connectivity index (χ1v) is 33.2. The number of esters is 2. The van der Waals surface area contributed by atoms with E-state index in [0.29, 0.717) is 6.42 Å². The molecule has 0 amide bonds. The van der Waals surface area contributed by atoms with Crippen LogP contribution in [0.15, 0.2) is 12.2 Å². The highest BCUT2D eigenvalue weighted by molar-refractivity contribution is 7.47. The van der Waals surface area contributed by atoms with Gasteiger partial charge in [0.15, 0.2) is 6.10 Å². The van der Waals surface area contributed by atoms with Crippen LogP contribution >= 0.6 is 7.82 Å². The number of carbonyl (C=O) groups excluding carboxylic acids is 2. The first-order valence-electron chi connectivity index (χ1n) is 31.7. The predicted octanol–water partition coefficient (Wildman–Crippen LogP) is 20.0. The minimum Gasteiger partial charge on any atom is -0.462 e. The molecule has 0 aromatic rings. The van der Waals surface area contributed by atoms with Gasteiger partial charge in [0.05, 0.1) is 13.2 Å². The minimum atomic E-state index is -4.38. The zero-order valence-corrected chi connectivity index (χ0v) is 48.8. The Labute approximate surface area is 447 Å².